The van der Waals surface area contributed by atoms with Gasteiger partial charge >= 0.3 is 0 Å². The van der Waals surface area contributed by atoms with Gasteiger partial charge in [-0.3, -0.25) is 4.79 Å². The lowest BCUT2D eigenvalue weighted by molar-refractivity contribution is 0.353. The smallest absolute Gasteiger partial charge is 0.253 e. The van der Waals surface area contributed by atoms with Crippen LogP contribution in [0.3, 0.4) is 0 Å². The topological polar surface area (TPSA) is 63.4 Å². The molecule has 0 spiro atoms. The van der Waals surface area contributed by atoms with Crippen LogP contribution in [0.2, 0.25) is 0 Å². The Morgan fingerprint density at radius 3 is 2.41 bits per heavy atom. The molecular weight excluding hydrogens is 340 g/mol. The first-order valence-electron chi connectivity index (χ1n) is 9.14. The van der Waals surface area contributed by atoms with Gasteiger partial charge in [-0.15, -0.1) is 0 Å². The van der Waals surface area contributed by atoms with Crippen molar-refractivity contribution < 1.29 is 9.47 Å². The van der Waals surface area contributed by atoms with Crippen LogP contribution in [0.25, 0.3) is 10.9 Å². The van der Waals surface area contributed by atoms with E-state index in [0.717, 1.165) is 51.9 Å². The zero-order valence-corrected chi connectivity index (χ0v) is 16.1. The summed E-state index contributed by atoms with van der Waals surface area (Å²) in [5.74, 6) is 1.39. The summed E-state index contributed by atoms with van der Waals surface area (Å²) in [6.07, 6.45) is 0.885. The highest BCUT2D eigenvalue weighted by molar-refractivity contribution is 5.85. The Labute approximate surface area is 158 Å². The molecule has 0 radical (unpaired) electrons. The second kappa shape index (κ2) is 6.74. The Balaban J connectivity index is 1.92. The summed E-state index contributed by atoms with van der Waals surface area (Å²) in [4.78, 5) is 16.0. The second-order valence-electron chi connectivity index (χ2n) is 7.08. The first-order valence-corrected chi connectivity index (χ1v) is 9.14. The third-order valence-corrected chi connectivity index (χ3v) is 5.48. The van der Waals surface area contributed by atoms with Gasteiger partial charge in [-0.2, -0.15) is 0 Å². The standard InChI is InChI=1S/C22H24N2O3/c1-12-5-6-13(2)20-15(12)10-17(22(25)24-20)21-16-11-19(27-4)18(26-3)9-14(16)7-8-23-21/h5-6,9-11,21,23H,7-8H2,1-4H3,(H,24,25). The van der Waals surface area contributed by atoms with Gasteiger partial charge in [-0.1, -0.05) is 12.1 Å². The molecule has 0 bridgehead atoms. The van der Waals surface area contributed by atoms with Gasteiger partial charge in [0.25, 0.3) is 5.56 Å². The normalized spacial score (nSPS) is 16.2. The van der Waals surface area contributed by atoms with E-state index in [2.05, 4.69) is 23.3 Å². The van der Waals surface area contributed by atoms with Crippen molar-refractivity contribution in [3.8, 4) is 11.5 Å². The Morgan fingerprint density at radius 1 is 0.963 bits per heavy atom. The molecule has 2 heterocycles. The fourth-order valence-electron chi connectivity index (χ4n) is 3.97. The van der Waals surface area contributed by atoms with Crippen molar-refractivity contribution in [1.82, 2.24) is 10.3 Å². The van der Waals surface area contributed by atoms with Gasteiger partial charge in [0.1, 0.15) is 0 Å². The highest BCUT2D eigenvalue weighted by Crippen LogP contribution is 2.37. The fourth-order valence-corrected chi connectivity index (χ4v) is 3.97. The molecule has 5 nitrogen and oxygen atoms in total. The van der Waals surface area contributed by atoms with Gasteiger partial charge < -0.3 is 19.8 Å². The molecular formula is C22H24N2O3. The molecule has 0 saturated heterocycles. The number of ether oxygens (including phenoxy) is 2. The fraction of sp³-hybridized carbons (Fsp3) is 0.318. The summed E-state index contributed by atoms with van der Waals surface area (Å²) < 4.78 is 10.9. The van der Waals surface area contributed by atoms with Crippen molar-refractivity contribution in [2.75, 3.05) is 20.8 Å². The number of aromatic nitrogens is 1. The van der Waals surface area contributed by atoms with E-state index in [0.29, 0.717) is 5.75 Å². The zero-order chi connectivity index (χ0) is 19.1. The highest BCUT2D eigenvalue weighted by atomic mass is 16.5. The molecule has 1 aliphatic rings. The number of benzene rings is 2. The number of methoxy groups -OCH3 is 2. The Kier molecular flexibility index (Phi) is 4.40. The van der Waals surface area contributed by atoms with Crippen LogP contribution < -0.4 is 20.3 Å². The highest BCUT2D eigenvalue weighted by Gasteiger charge is 2.26. The minimum atomic E-state index is -0.179. The van der Waals surface area contributed by atoms with E-state index in [9.17, 15) is 4.79 Å². The van der Waals surface area contributed by atoms with Crippen molar-refractivity contribution in [3.63, 3.8) is 0 Å². The monoisotopic (exact) mass is 364 g/mol. The summed E-state index contributed by atoms with van der Waals surface area (Å²) in [6.45, 7) is 4.89. The minimum absolute atomic E-state index is 0.0589. The molecule has 140 valence electrons. The maximum absolute atomic E-state index is 12.9. The van der Waals surface area contributed by atoms with E-state index in [1.165, 1.54) is 5.56 Å². The van der Waals surface area contributed by atoms with Crippen molar-refractivity contribution >= 4 is 10.9 Å². The lowest BCUT2D eigenvalue weighted by Crippen LogP contribution is -2.34. The molecule has 5 heteroatoms. The lowest BCUT2D eigenvalue weighted by atomic mass is 9.89. The first-order chi connectivity index (χ1) is 13.0. The van der Waals surface area contributed by atoms with Crippen LogP contribution >= 0.6 is 0 Å². The summed E-state index contributed by atoms with van der Waals surface area (Å²) in [5, 5.41) is 4.59. The molecule has 1 unspecified atom stereocenters. The molecule has 1 aromatic heterocycles. The maximum Gasteiger partial charge on any atom is 0.253 e. The van der Waals surface area contributed by atoms with E-state index in [4.69, 9.17) is 9.47 Å². The second-order valence-corrected chi connectivity index (χ2v) is 7.08. The van der Waals surface area contributed by atoms with Gasteiger partial charge in [0, 0.05) is 17.5 Å². The number of aryl methyl sites for hydroxylation is 2. The van der Waals surface area contributed by atoms with Crippen molar-refractivity contribution in [3.05, 3.63) is 68.5 Å². The number of rotatable bonds is 3. The van der Waals surface area contributed by atoms with E-state index >= 15 is 0 Å². The van der Waals surface area contributed by atoms with Gasteiger partial charge in [-0.05, 0) is 60.7 Å². The van der Waals surface area contributed by atoms with Crippen LogP contribution in [0.5, 0.6) is 11.5 Å². The van der Waals surface area contributed by atoms with Gasteiger partial charge in [0.15, 0.2) is 11.5 Å². The molecule has 3 aromatic rings. The van der Waals surface area contributed by atoms with Crippen LogP contribution in [0.15, 0.2) is 35.1 Å². The largest absolute Gasteiger partial charge is 0.493 e. The SMILES string of the molecule is COc1cc2c(cc1OC)C(c1cc3c(C)ccc(C)c3[nH]c1=O)NCC2. The predicted octanol–water partition coefficient (Wildman–Crippen LogP) is 3.40. The van der Waals surface area contributed by atoms with Gasteiger partial charge in [-0.25, -0.2) is 0 Å². The minimum Gasteiger partial charge on any atom is -0.493 e. The summed E-state index contributed by atoms with van der Waals surface area (Å²) in [7, 11) is 3.27. The van der Waals surface area contributed by atoms with Crippen LogP contribution in [0.1, 0.15) is 33.9 Å². The molecule has 2 N–H and O–H groups in total. The average molecular weight is 364 g/mol. The van der Waals surface area contributed by atoms with E-state index in [1.54, 1.807) is 14.2 Å². The number of aromatic amines is 1. The third kappa shape index (κ3) is 2.88. The van der Waals surface area contributed by atoms with E-state index in [-0.39, 0.29) is 11.6 Å². The first kappa shape index (κ1) is 17.6. The van der Waals surface area contributed by atoms with E-state index in [1.807, 2.05) is 31.2 Å². The molecule has 0 fully saturated rings. The van der Waals surface area contributed by atoms with E-state index < -0.39 is 0 Å². The maximum atomic E-state index is 12.9. The van der Waals surface area contributed by atoms with Crippen LogP contribution in [-0.4, -0.2) is 25.7 Å². The van der Waals surface area contributed by atoms with Crippen molar-refractivity contribution in [2.45, 2.75) is 26.3 Å². The predicted molar refractivity (Wildman–Crippen MR) is 107 cm³/mol. The number of H-pyrrole nitrogens is 1. The Bertz CT molecular complexity index is 1090. The number of hydrogen-bond acceptors (Lipinski definition) is 4. The molecule has 4 rings (SSSR count). The summed E-state index contributed by atoms with van der Waals surface area (Å²) in [5.41, 5.74) is 6.04. The van der Waals surface area contributed by atoms with Crippen LogP contribution in [-0.2, 0) is 6.42 Å². The number of hydrogen-bond donors (Lipinski definition) is 2. The third-order valence-electron chi connectivity index (χ3n) is 5.48. The quantitative estimate of drug-likeness (QED) is 0.748. The van der Waals surface area contributed by atoms with Crippen LogP contribution in [0.4, 0.5) is 0 Å². The Morgan fingerprint density at radius 2 is 1.67 bits per heavy atom. The molecule has 1 atom stereocenters. The molecule has 0 amide bonds. The average Bonchev–Trinajstić information content (AvgIpc) is 2.69. The summed E-state index contributed by atoms with van der Waals surface area (Å²) in [6, 6.07) is 9.99. The molecule has 0 saturated carbocycles. The van der Waals surface area contributed by atoms with Gasteiger partial charge in [0.2, 0.25) is 0 Å². The van der Waals surface area contributed by atoms with Crippen molar-refractivity contribution in [1.29, 1.82) is 0 Å². The molecule has 27 heavy (non-hydrogen) atoms. The van der Waals surface area contributed by atoms with Gasteiger partial charge in [0.05, 0.1) is 25.8 Å². The number of pyridine rings is 1. The number of fused-ring (bicyclic) bond motifs is 2. The molecule has 0 aliphatic carbocycles. The van der Waals surface area contributed by atoms with Crippen LogP contribution in [0, 0.1) is 13.8 Å². The lowest BCUT2D eigenvalue weighted by Gasteiger charge is -2.28. The summed E-state index contributed by atoms with van der Waals surface area (Å²) >= 11 is 0. The van der Waals surface area contributed by atoms with Crippen molar-refractivity contribution in [2.24, 2.45) is 0 Å². The zero-order valence-electron chi connectivity index (χ0n) is 16.1. The number of nitrogens with one attached hydrogen (secondary N) is 2. The molecule has 2 aromatic carbocycles. The Hall–Kier alpha value is -2.79. The molecule has 1 aliphatic heterocycles.